The summed E-state index contributed by atoms with van der Waals surface area (Å²) in [5, 5.41) is 0. The molecule has 0 amide bonds. The van der Waals surface area contributed by atoms with Gasteiger partial charge in [0.05, 0.1) is 0 Å². The highest BCUT2D eigenvalue weighted by atomic mass is 35.6. The monoisotopic (exact) mass is 238 g/mol. The molecule has 0 rings (SSSR count). The van der Waals surface area contributed by atoms with Crippen molar-refractivity contribution in [3.63, 3.8) is 0 Å². The smallest absolute Gasteiger partial charge is 0.277 e. The molecule has 0 spiro atoms. The van der Waals surface area contributed by atoms with Crippen LogP contribution in [0.5, 0.6) is 0 Å². The van der Waals surface area contributed by atoms with Crippen molar-refractivity contribution < 1.29 is 4.12 Å². The Balaban J connectivity index is 4.07. The molecule has 0 aliphatic rings. The summed E-state index contributed by atoms with van der Waals surface area (Å²) in [6, 6.07) is 2.31. The Hall–Kier alpha value is 0.684. The summed E-state index contributed by atoms with van der Waals surface area (Å²) in [6.45, 7) is 11.1. The molecule has 0 saturated carbocycles. The Morgan fingerprint density at radius 3 is 1.85 bits per heavy atom. The molecule has 1 unspecified atom stereocenters. The molecule has 0 aromatic heterocycles. The van der Waals surface area contributed by atoms with Crippen LogP contribution in [0.2, 0.25) is 31.7 Å². The Kier molecular flexibility index (Phi) is 5.83. The summed E-state index contributed by atoms with van der Waals surface area (Å²) in [6.07, 6.45) is 2.36. The van der Waals surface area contributed by atoms with E-state index in [1.165, 1.54) is 12.5 Å². The maximum absolute atomic E-state index is 6.41. The minimum absolute atomic E-state index is 1.08. The van der Waals surface area contributed by atoms with Gasteiger partial charge in [0.15, 0.2) is 8.32 Å². The van der Waals surface area contributed by atoms with Gasteiger partial charge in [-0.05, 0) is 31.7 Å². The van der Waals surface area contributed by atoms with Crippen LogP contribution >= 0.6 is 11.1 Å². The first kappa shape index (κ1) is 13.7. The zero-order chi connectivity index (χ0) is 10.5. The Morgan fingerprint density at radius 2 is 1.46 bits per heavy atom. The first-order valence-electron chi connectivity index (χ1n) is 5.22. The van der Waals surface area contributed by atoms with E-state index in [1.54, 1.807) is 0 Å². The van der Waals surface area contributed by atoms with Crippen LogP contribution in [0.3, 0.4) is 0 Å². The third-order valence-electron chi connectivity index (χ3n) is 2.04. The van der Waals surface area contributed by atoms with E-state index in [0.29, 0.717) is 0 Å². The van der Waals surface area contributed by atoms with E-state index >= 15 is 0 Å². The van der Waals surface area contributed by atoms with Crippen molar-refractivity contribution in [1.82, 2.24) is 0 Å². The van der Waals surface area contributed by atoms with Crippen molar-refractivity contribution in [3.05, 3.63) is 0 Å². The molecule has 0 fully saturated rings. The molecule has 0 aliphatic heterocycles. The van der Waals surface area contributed by atoms with Gasteiger partial charge in [-0.1, -0.05) is 26.7 Å². The maximum Gasteiger partial charge on any atom is 0.277 e. The fourth-order valence-corrected chi connectivity index (χ4v) is 11.7. The molecular weight excluding hydrogens is 216 g/mol. The van der Waals surface area contributed by atoms with Gasteiger partial charge >= 0.3 is 0 Å². The summed E-state index contributed by atoms with van der Waals surface area (Å²) in [5.41, 5.74) is 0. The predicted molar refractivity (Wildman–Crippen MR) is 66.2 cm³/mol. The highest BCUT2D eigenvalue weighted by Gasteiger charge is 2.33. The number of halogens is 1. The third kappa shape index (κ3) is 6.71. The second kappa shape index (κ2) is 5.54. The number of hydrogen-bond donors (Lipinski definition) is 0. The molecule has 0 radical (unpaired) electrons. The highest BCUT2D eigenvalue weighted by Crippen LogP contribution is 2.26. The molecule has 0 N–H and O–H groups in total. The van der Waals surface area contributed by atoms with Gasteiger partial charge in [-0.15, -0.1) is 11.1 Å². The molecule has 0 aliphatic carbocycles. The summed E-state index contributed by atoms with van der Waals surface area (Å²) >= 11 is 6.41. The molecule has 0 heterocycles. The second-order valence-electron chi connectivity index (χ2n) is 4.46. The lowest BCUT2D eigenvalue weighted by atomic mass is 10.6. The van der Waals surface area contributed by atoms with Crippen LogP contribution in [0.25, 0.3) is 0 Å². The molecule has 0 bridgehead atoms. The third-order valence-corrected chi connectivity index (χ3v) is 10.3. The minimum atomic E-state index is -1.84. The summed E-state index contributed by atoms with van der Waals surface area (Å²) in [4.78, 5) is 0. The molecular formula is C9H23ClOSi2. The van der Waals surface area contributed by atoms with Crippen molar-refractivity contribution in [2.75, 3.05) is 0 Å². The average molecular weight is 239 g/mol. The largest absolute Gasteiger partial charge is 0.445 e. The molecule has 1 atom stereocenters. The fraction of sp³-hybridized carbons (Fsp3) is 1.00. The Morgan fingerprint density at radius 1 is 1.00 bits per heavy atom. The van der Waals surface area contributed by atoms with Crippen molar-refractivity contribution in [1.29, 1.82) is 0 Å². The summed E-state index contributed by atoms with van der Waals surface area (Å²) in [7, 11) is -3.29. The molecule has 0 aromatic rings. The Bertz CT molecular complexity index is 133. The van der Waals surface area contributed by atoms with Crippen LogP contribution in [-0.2, 0) is 4.12 Å². The lowest BCUT2D eigenvalue weighted by Crippen LogP contribution is -2.42. The normalized spacial score (nSPS) is 17.1. The van der Waals surface area contributed by atoms with E-state index in [1.807, 2.05) is 0 Å². The van der Waals surface area contributed by atoms with Crippen LogP contribution < -0.4 is 0 Å². The van der Waals surface area contributed by atoms with Crippen molar-refractivity contribution in [2.24, 2.45) is 0 Å². The Labute approximate surface area is 89.8 Å². The summed E-state index contributed by atoms with van der Waals surface area (Å²) in [5.74, 6) is 0. The zero-order valence-electron chi connectivity index (χ0n) is 9.61. The molecule has 13 heavy (non-hydrogen) atoms. The van der Waals surface area contributed by atoms with E-state index in [0.717, 1.165) is 12.5 Å². The van der Waals surface area contributed by atoms with E-state index in [9.17, 15) is 0 Å². The van der Waals surface area contributed by atoms with Crippen LogP contribution in [0.4, 0.5) is 0 Å². The van der Waals surface area contributed by atoms with Crippen LogP contribution in [0.15, 0.2) is 0 Å². The molecule has 4 heteroatoms. The van der Waals surface area contributed by atoms with Crippen LogP contribution in [-0.4, -0.2) is 15.9 Å². The van der Waals surface area contributed by atoms with Gasteiger partial charge in [-0.2, -0.15) is 0 Å². The van der Waals surface area contributed by atoms with Crippen molar-refractivity contribution in [2.45, 2.75) is 58.4 Å². The zero-order valence-corrected chi connectivity index (χ0v) is 12.4. The van der Waals surface area contributed by atoms with E-state index in [-0.39, 0.29) is 0 Å². The molecule has 1 nitrogen and oxygen atoms in total. The van der Waals surface area contributed by atoms with Gasteiger partial charge in [0.2, 0.25) is 0 Å². The molecule has 0 aromatic carbocycles. The summed E-state index contributed by atoms with van der Waals surface area (Å²) < 4.78 is 6.15. The second-order valence-corrected chi connectivity index (χ2v) is 14.4. The van der Waals surface area contributed by atoms with E-state index in [2.05, 4.69) is 33.5 Å². The first-order valence-corrected chi connectivity index (χ1v) is 12.0. The first-order chi connectivity index (χ1) is 5.83. The van der Waals surface area contributed by atoms with E-state index < -0.39 is 15.9 Å². The highest BCUT2D eigenvalue weighted by molar-refractivity contribution is 7.18. The maximum atomic E-state index is 6.41. The molecule has 80 valence electrons. The average Bonchev–Trinajstić information content (AvgIpc) is 1.82. The van der Waals surface area contributed by atoms with Gasteiger partial charge < -0.3 is 4.12 Å². The van der Waals surface area contributed by atoms with Gasteiger partial charge in [0, 0.05) is 0 Å². The topological polar surface area (TPSA) is 9.23 Å². The number of hydrogen-bond acceptors (Lipinski definition) is 1. The van der Waals surface area contributed by atoms with Gasteiger partial charge in [0.25, 0.3) is 7.63 Å². The lowest BCUT2D eigenvalue weighted by molar-refractivity contribution is 0.549. The minimum Gasteiger partial charge on any atom is -0.445 e. The van der Waals surface area contributed by atoms with Gasteiger partial charge in [-0.3, -0.25) is 0 Å². The van der Waals surface area contributed by atoms with Crippen molar-refractivity contribution >= 4 is 27.0 Å². The van der Waals surface area contributed by atoms with Crippen LogP contribution in [0, 0.1) is 0 Å². The van der Waals surface area contributed by atoms with Gasteiger partial charge in [-0.25, -0.2) is 0 Å². The predicted octanol–water partition coefficient (Wildman–Crippen LogP) is 4.34. The molecule has 0 saturated heterocycles. The quantitative estimate of drug-likeness (QED) is 0.494. The van der Waals surface area contributed by atoms with Crippen molar-refractivity contribution in [3.8, 4) is 0 Å². The van der Waals surface area contributed by atoms with Crippen LogP contribution in [0.1, 0.15) is 26.7 Å². The standard InChI is InChI=1S/C9H23ClOSi2/c1-6-8-12(3,4)11-13(5,10)9-7-2/h6-9H2,1-5H3. The lowest BCUT2D eigenvalue weighted by Gasteiger charge is -2.31. The van der Waals surface area contributed by atoms with E-state index in [4.69, 9.17) is 15.2 Å². The van der Waals surface area contributed by atoms with Gasteiger partial charge in [0.1, 0.15) is 0 Å². The SMILES string of the molecule is CCC[Si](C)(C)O[Si](C)(Cl)CCC. The number of rotatable bonds is 6. The fourth-order valence-electron chi connectivity index (χ4n) is 1.73.